The van der Waals surface area contributed by atoms with Crippen LogP contribution < -0.4 is 10.1 Å². The molecule has 5 heteroatoms. The molecule has 0 saturated carbocycles. The number of H-pyrrole nitrogens is 1. The highest BCUT2D eigenvalue weighted by Gasteiger charge is 2.14. The van der Waals surface area contributed by atoms with Gasteiger partial charge in [-0.2, -0.15) is 0 Å². The third-order valence-electron chi connectivity index (χ3n) is 3.77. The van der Waals surface area contributed by atoms with Crippen molar-refractivity contribution in [2.24, 2.45) is 0 Å². The first-order valence-corrected chi connectivity index (χ1v) is 7.30. The maximum absolute atomic E-state index is 13.2. The Hall–Kier alpha value is -2.82. The van der Waals surface area contributed by atoms with Gasteiger partial charge in [-0.05, 0) is 48.9 Å². The van der Waals surface area contributed by atoms with Crippen LogP contribution in [0.15, 0.2) is 48.5 Å². The standard InChI is InChI=1S/C18H17FN2O2/c1-11(12-4-3-5-15(9-12)23-2)20-18(22)17-10-13-8-14(19)6-7-16(13)21-17/h3-11,21H,1-2H3,(H,20,22). The Morgan fingerprint density at radius 2 is 2.04 bits per heavy atom. The van der Waals surface area contributed by atoms with E-state index in [0.29, 0.717) is 11.1 Å². The van der Waals surface area contributed by atoms with E-state index in [1.165, 1.54) is 12.1 Å². The summed E-state index contributed by atoms with van der Waals surface area (Å²) in [6.45, 7) is 1.90. The highest BCUT2D eigenvalue weighted by molar-refractivity contribution is 5.98. The molecule has 2 N–H and O–H groups in total. The second-order valence-corrected chi connectivity index (χ2v) is 5.39. The van der Waals surface area contributed by atoms with Crippen LogP contribution >= 0.6 is 0 Å². The van der Waals surface area contributed by atoms with Crippen molar-refractivity contribution in [2.45, 2.75) is 13.0 Å². The Morgan fingerprint density at radius 3 is 2.83 bits per heavy atom. The minimum atomic E-state index is -0.326. The second-order valence-electron chi connectivity index (χ2n) is 5.39. The molecule has 3 rings (SSSR count). The van der Waals surface area contributed by atoms with Crippen LogP contribution in [0.1, 0.15) is 29.0 Å². The monoisotopic (exact) mass is 312 g/mol. The van der Waals surface area contributed by atoms with Crippen LogP contribution in [0.4, 0.5) is 4.39 Å². The Kier molecular flexibility index (Phi) is 4.02. The van der Waals surface area contributed by atoms with E-state index in [2.05, 4.69) is 10.3 Å². The molecular weight excluding hydrogens is 295 g/mol. The first kappa shape index (κ1) is 15.1. The summed E-state index contributed by atoms with van der Waals surface area (Å²) in [6, 6.07) is 13.4. The van der Waals surface area contributed by atoms with E-state index in [4.69, 9.17) is 4.74 Å². The number of halogens is 1. The van der Waals surface area contributed by atoms with E-state index in [0.717, 1.165) is 16.8 Å². The Bertz CT molecular complexity index is 857. The van der Waals surface area contributed by atoms with Gasteiger partial charge in [0.15, 0.2) is 0 Å². The summed E-state index contributed by atoms with van der Waals surface area (Å²) >= 11 is 0. The van der Waals surface area contributed by atoms with Gasteiger partial charge in [0.2, 0.25) is 0 Å². The summed E-state index contributed by atoms with van der Waals surface area (Å²) in [7, 11) is 1.60. The van der Waals surface area contributed by atoms with Crippen LogP contribution in [-0.2, 0) is 0 Å². The summed E-state index contributed by atoms with van der Waals surface area (Å²) < 4.78 is 18.4. The summed E-state index contributed by atoms with van der Waals surface area (Å²) in [4.78, 5) is 15.4. The fourth-order valence-corrected chi connectivity index (χ4v) is 2.49. The number of amides is 1. The van der Waals surface area contributed by atoms with Gasteiger partial charge in [-0.25, -0.2) is 4.39 Å². The minimum absolute atomic E-state index is 0.180. The smallest absolute Gasteiger partial charge is 0.268 e. The molecule has 0 spiro atoms. The fraction of sp³-hybridized carbons (Fsp3) is 0.167. The number of benzene rings is 2. The molecule has 1 atom stereocenters. The number of fused-ring (bicyclic) bond motifs is 1. The first-order valence-electron chi connectivity index (χ1n) is 7.30. The van der Waals surface area contributed by atoms with Crippen LogP contribution in [0.25, 0.3) is 10.9 Å². The molecule has 1 unspecified atom stereocenters. The number of ether oxygens (including phenoxy) is 1. The van der Waals surface area contributed by atoms with Crippen molar-refractivity contribution in [2.75, 3.05) is 7.11 Å². The van der Waals surface area contributed by atoms with E-state index in [-0.39, 0.29) is 17.8 Å². The number of rotatable bonds is 4. The highest BCUT2D eigenvalue weighted by atomic mass is 19.1. The van der Waals surface area contributed by atoms with Gasteiger partial charge in [0, 0.05) is 10.9 Å². The molecule has 0 bridgehead atoms. The molecule has 4 nitrogen and oxygen atoms in total. The molecule has 0 aliphatic heterocycles. The number of methoxy groups -OCH3 is 1. The quantitative estimate of drug-likeness (QED) is 0.770. The van der Waals surface area contributed by atoms with Crippen molar-refractivity contribution < 1.29 is 13.9 Å². The van der Waals surface area contributed by atoms with E-state index in [1.807, 2.05) is 31.2 Å². The molecule has 0 aliphatic rings. The van der Waals surface area contributed by atoms with Gasteiger partial charge in [-0.1, -0.05) is 12.1 Å². The van der Waals surface area contributed by atoms with E-state index < -0.39 is 0 Å². The molecule has 1 heterocycles. The topological polar surface area (TPSA) is 54.1 Å². The van der Waals surface area contributed by atoms with Crippen molar-refractivity contribution in [3.8, 4) is 5.75 Å². The van der Waals surface area contributed by atoms with Gasteiger partial charge in [0.25, 0.3) is 5.91 Å². The normalized spacial score (nSPS) is 12.1. The molecule has 0 saturated heterocycles. The van der Waals surface area contributed by atoms with Crippen LogP contribution in [0.5, 0.6) is 5.75 Å². The van der Waals surface area contributed by atoms with E-state index >= 15 is 0 Å². The van der Waals surface area contributed by atoms with Crippen molar-refractivity contribution in [3.63, 3.8) is 0 Å². The minimum Gasteiger partial charge on any atom is -0.497 e. The average Bonchev–Trinajstić information content (AvgIpc) is 2.98. The zero-order chi connectivity index (χ0) is 16.4. The predicted molar refractivity (Wildman–Crippen MR) is 87.1 cm³/mol. The van der Waals surface area contributed by atoms with Crippen LogP contribution in [-0.4, -0.2) is 18.0 Å². The highest BCUT2D eigenvalue weighted by Crippen LogP contribution is 2.20. The van der Waals surface area contributed by atoms with Gasteiger partial charge < -0.3 is 15.0 Å². The predicted octanol–water partition coefficient (Wildman–Crippen LogP) is 3.81. The number of hydrogen-bond donors (Lipinski definition) is 2. The van der Waals surface area contributed by atoms with Gasteiger partial charge in [-0.3, -0.25) is 4.79 Å². The number of hydrogen-bond acceptors (Lipinski definition) is 2. The maximum Gasteiger partial charge on any atom is 0.268 e. The SMILES string of the molecule is COc1cccc(C(C)NC(=O)c2cc3cc(F)ccc3[nH]2)c1. The summed E-state index contributed by atoms with van der Waals surface area (Å²) in [5.74, 6) is 0.176. The largest absolute Gasteiger partial charge is 0.497 e. The summed E-state index contributed by atoms with van der Waals surface area (Å²) in [5.41, 5.74) is 2.07. The van der Waals surface area contributed by atoms with E-state index in [9.17, 15) is 9.18 Å². The first-order chi connectivity index (χ1) is 11.1. The van der Waals surface area contributed by atoms with Crippen LogP contribution in [0.2, 0.25) is 0 Å². The lowest BCUT2D eigenvalue weighted by Crippen LogP contribution is -2.26. The number of aromatic nitrogens is 1. The molecule has 23 heavy (non-hydrogen) atoms. The molecule has 0 radical (unpaired) electrons. The lowest BCUT2D eigenvalue weighted by atomic mass is 10.1. The number of aromatic amines is 1. The fourth-order valence-electron chi connectivity index (χ4n) is 2.49. The van der Waals surface area contributed by atoms with Crippen molar-refractivity contribution in [1.82, 2.24) is 10.3 Å². The number of carbonyl (C=O) groups is 1. The third-order valence-corrected chi connectivity index (χ3v) is 3.77. The molecular formula is C18H17FN2O2. The third kappa shape index (κ3) is 3.18. The average molecular weight is 312 g/mol. The second kappa shape index (κ2) is 6.12. The molecule has 1 amide bonds. The summed E-state index contributed by atoms with van der Waals surface area (Å²) in [6.07, 6.45) is 0. The van der Waals surface area contributed by atoms with Gasteiger partial charge in [-0.15, -0.1) is 0 Å². The lowest BCUT2D eigenvalue weighted by Gasteiger charge is -2.14. The van der Waals surface area contributed by atoms with Crippen molar-refractivity contribution in [1.29, 1.82) is 0 Å². The lowest BCUT2D eigenvalue weighted by molar-refractivity contribution is 0.0935. The molecule has 118 valence electrons. The zero-order valence-electron chi connectivity index (χ0n) is 12.9. The molecule has 0 fully saturated rings. The van der Waals surface area contributed by atoms with Gasteiger partial charge in [0.1, 0.15) is 17.3 Å². The molecule has 1 aromatic heterocycles. The zero-order valence-corrected chi connectivity index (χ0v) is 12.9. The Morgan fingerprint density at radius 1 is 1.22 bits per heavy atom. The number of nitrogens with one attached hydrogen (secondary N) is 2. The van der Waals surface area contributed by atoms with Gasteiger partial charge in [0.05, 0.1) is 13.2 Å². The molecule has 3 aromatic rings. The Balaban J connectivity index is 1.79. The van der Waals surface area contributed by atoms with Crippen molar-refractivity contribution in [3.05, 3.63) is 65.6 Å². The van der Waals surface area contributed by atoms with Crippen LogP contribution in [0, 0.1) is 5.82 Å². The van der Waals surface area contributed by atoms with Gasteiger partial charge >= 0.3 is 0 Å². The molecule has 2 aromatic carbocycles. The van der Waals surface area contributed by atoms with E-state index in [1.54, 1.807) is 19.2 Å². The van der Waals surface area contributed by atoms with Crippen molar-refractivity contribution >= 4 is 16.8 Å². The van der Waals surface area contributed by atoms with Crippen LogP contribution in [0.3, 0.4) is 0 Å². The summed E-state index contributed by atoms with van der Waals surface area (Å²) in [5, 5.41) is 3.59. The Labute approximate surface area is 133 Å². The number of carbonyl (C=O) groups excluding carboxylic acids is 1. The molecule has 0 aliphatic carbocycles. The maximum atomic E-state index is 13.2.